The lowest BCUT2D eigenvalue weighted by Crippen LogP contribution is -2.37. The van der Waals surface area contributed by atoms with Crippen molar-refractivity contribution in [2.24, 2.45) is 5.41 Å². The number of rotatable bonds is 3. The second-order valence-corrected chi connectivity index (χ2v) is 5.17. The van der Waals surface area contributed by atoms with Gasteiger partial charge < -0.3 is 9.80 Å². The lowest BCUT2D eigenvalue weighted by Gasteiger charge is -2.38. The molecule has 0 aromatic rings. The van der Waals surface area contributed by atoms with Crippen LogP contribution < -0.4 is 0 Å². The molecule has 0 unspecified atom stereocenters. The third-order valence-corrected chi connectivity index (χ3v) is 3.36. The zero-order valence-electron chi connectivity index (χ0n) is 9.64. The van der Waals surface area contributed by atoms with Gasteiger partial charge in [-0.2, -0.15) is 0 Å². The van der Waals surface area contributed by atoms with Crippen molar-refractivity contribution < 1.29 is 0 Å². The summed E-state index contributed by atoms with van der Waals surface area (Å²) in [7, 11) is 6.56. The SMILES string of the molecule is CN(C)CCC1(C)CCN(C)CC1. The lowest BCUT2D eigenvalue weighted by atomic mass is 9.77. The Balaban J connectivity index is 2.30. The van der Waals surface area contributed by atoms with Gasteiger partial charge in [0.25, 0.3) is 0 Å². The molecule has 1 aliphatic rings. The number of hydrogen-bond donors (Lipinski definition) is 0. The van der Waals surface area contributed by atoms with Gasteiger partial charge in [0.2, 0.25) is 0 Å². The first-order valence-corrected chi connectivity index (χ1v) is 5.35. The Kier molecular flexibility index (Phi) is 3.74. The van der Waals surface area contributed by atoms with E-state index in [0.29, 0.717) is 5.41 Å². The summed E-state index contributed by atoms with van der Waals surface area (Å²) in [5, 5.41) is 0. The summed E-state index contributed by atoms with van der Waals surface area (Å²) in [5.41, 5.74) is 0.608. The highest BCUT2D eigenvalue weighted by Crippen LogP contribution is 2.33. The van der Waals surface area contributed by atoms with E-state index in [4.69, 9.17) is 0 Å². The zero-order chi connectivity index (χ0) is 9.90. The predicted octanol–water partition coefficient (Wildman–Crippen LogP) is 1.67. The minimum Gasteiger partial charge on any atom is -0.309 e. The van der Waals surface area contributed by atoms with E-state index in [1.807, 2.05) is 0 Å². The first-order chi connectivity index (χ1) is 6.02. The minimum atomic E-state index is 0.608. The van der Waals surface area contributed by atoms with E-state index in [9.17, 15) is 0 Å². The number of piperidine rings is 1. The molecule has 0 N–H and O–H groups in total. The molecule has 0 amide bonds. The molecule has 0 spiro atoms. The molecule has 78 valence electrons. The van der Waals surface area contributed by atoms with Crippen molar-refractivity contribution >= 4 is 0 Å². The van der Waals surface area contributed by atoms with E-state index >= 15 is 0 Å². The molecule has 0 radical (unpaired) electrons. The Labute approximate surface area is 82.9 Å². The van der Waals surface area contributed by atoms with E-state index in [-0.39, 0.29) is 0 Å². The highest BCUT2D eigenvalue weighted by Gasteiger charge is 2.28. The van der Waals surface area contributed by atoms with Gasteiger partial charge in [0.1, 0.15) is 0 Å². The van der Waals surface area contributed by atoms with Gasteiger partial charge in [0.05, 0.1) is 0 Å². The zero-order valence-corrected chi connectivity index (χ0v) is 9.64. The first-order valence-electron chi connectivity index (χ1n) is 5.35. The van der Waals surface area contributed by atoms with Gasteiger partial charge in [-0.3, -0.25) is 0 Å². The molecule has 0 bridgehead atoms. The molecule has 1 heterocycles. The molecular weight excluding hydrogens is 160 g/mol. The molecular formula is C11H24N2. The van der Waals surface area contributed by atoms with Crippen LogP contribution in [0.2, 0.25) is 0 Å². The van der Waals surface area contributed by atoms with E-state index in [0.717, 1.165) is 0 Å². The minimum absolute atomic E-state index is 0.608. The molecule has 13 heavy (non-hydrogen) atoms. The Hall–Kier alpha value is -0.0800. The van der Waals surface area contributed by atoms with Crippen LogP contribution in [0.5, 0.6) is 0 Å². The van der Waals surface area contributed by atoms with Gasteiger partial charge in [-0.15, -0.1) is 0 Å². The van der Waals surface area contributed by atoms with Crippen LogP contribution >= 0.6 is 0 Å². The van der Waals surface area contributed by atoms with Crippen molar-refractivity contribution in [3.8, 4) is 0 Å². The number of hydrogen-bond acceptors (Lipinski definition) is 2. The van der Waals surface area contributed by atoms with Crippen LogP contribution in [0.3, 0.4) is 0 Å². The predicted molar refractivity (Wildman–Crippen MR) is 58.0 cm³/mol. The molecule has 0 aromatic carbocycles. The first kappa shape index (κ1) is 11.0. The number of nitrogens with zero attached hydrogens (tertiary/aromatic N) is 2. The summed E-state index contributed by atoms with van der Waals surface area (Å²) in [6.07, 6.45) is 4.10. The van der Waals surface area contributed by atoms with Gasteiger partial charge >= 0.3 is 0 Å². The smallest absolute Gasteiger partial charge is 0.00166 e. The van der Waals surface area contributed by atoms with Crippen LogP contribution in [-0.4, -0.2) is 50.6 Å². The Morgan fingerprint density at radius 1 is 1.23 bits per heavy atom. The molecule has 0 aromatic heterocycles. The third-order valence-electron chi connectivity index (χ3n) is 3.36. The van der Waals surface area contributed by atoms with Crippen LogP contribution in [0.25, 0.3) is 0 Å². The van der Waals surface area contributed by atoms with Crippen LogP contribution in [0.15, 0.2) is 0 Å². The summed E-state index contributed by atoms with van der Waals surface area (Å²) in [4.78, 5) is 4.74. The Morgan fingerprint density at radius 3 is 2.23 bits per heavy atom. The fraction of sp³-hybridized carbons (Fsp3) is 1.00. The molecule has 1 aliphatic heterocycles. The van der Waals surface area contributed by atoms with Crippen molar-refractivity contribution in [1.82, 2.24) is 9.80 Å². The van der Waals surface area contributed by atoms with Gasteiger partial charge in [0, 0.05) is 0 Å². The summed E-state index contributed by atoms with van der Waals surface area (Å²) < 4.78 is 0. The lowest BCUT2D eigenvalue weighted by molar-refractivity contribution is 0.120. The molecule has 1 fully saturated rings. The molecule has 1 rings (SSSR count). The second-order valence-electron chi connectivity index (χ2n) is 5.17. The maximum absolute atomic E-state index is 2.45. The fourth-order valence-corrected chi connectivity index (χ4v) is 1.90. The van der Waals surface area contributed by atoms with Gasteiger partial charge in [0.15, 0.2) is 0 Å². The van der Waals surface area contributed by atoms with Crippen LogP contribution in [0.4, 0.5) is 0 Å². The molecule has 0 aliphatic carbocycles. The number of likely N-dealkylation sites (tertiary alicyclic amines) is 1. The van der Waals surface area contributed by atoms with Crippen LogP contribution in [0, 0.1) is 5.41 Å². The van der Waals surface area contributed by atoms with Crippen molar-refractivity contribution in [2.45, 2.75) is 26.2 Å². The van der Waals surface area contributed by atoms with Gasteiger partial charge in [-0.25, -0.2) is 0 Å². The summed E-state index contributed by atoms with van der Waals surface area (Å²) >= 11 is 0. The largest absolute Gasteiger partial charge is 0.309 e. The maximum Gasteiger partial charge on any atom is -0.00166 e. The van der Waals surface area contributed by atoms with E-state index in [1.54, 1.807) is 0 Å². The van der Waals surface area contributed by atoms with E-state index in [2.05, 4.69) is 37.9 Å². The topological polar surface area (TPSA) is 6.48 Å². The summed E-state index contributed by atoms with van der Waals surface area (Å²) in [6.45, 7) is 6.25. The van der Waals surface area contributed by atoms with Crippen LogP contribution in [-0.2, 0) is 0 Å². The van der Waals surface area contributed by atoms with Crippen molar-refractivity contribution in [3.63, 3.8) is 0 Å². The summed E-state index contributed by atoms with van der Waals surface area (Å²) in [6, 6.07) is 0. The highest BCUT2D eigenvalue weighted by molar-refractivity contribution is 4.81. The van der Waals surface area contributed by atoms with Crippen LogP contribution in [0.1, 0.15) is 26.2 Å². The molecule has 2 heteroatoms. The monoisotopic (exact) mass is 184 g/mol. The van der Waals surface area contributed by atoms with Gasteiger partial charge in [-0.05, 0) is 65.5 Å². The molecule has 1 saturated heterocycles. The van der Waals surface area contributed by atoms with E-state index < -0.39 is 0 Å². The Morgan fingerprint density at radius 2 is 1.77 bits per heavy atom. The van der Waals surface area contributed by atoms with Crippen molar-refractivity contribution in [2.75, 3.05) is 40.8 Å². The molecule has 0 atom stereocenters. The van der Waals surface area contributed by atoms with E-state index in [1.165, 1.54) is 38.9 Å². The fourth-order valence-electron chi connectivity index (χ4n) is 1.90. The second kappa shape index (κ2) is 4.43. The molecule has 0 saturated carbocycles. The maximum atomic E-state index is 2.45. The van der Waals surface area contributed by atoms with Crippen molar-refractivity contribution in [3.05, 3.63) is 0 Å². The highest BCUT2D eigenvalue weighted by atomic mass is 15.1. The molecule has 2 nitrogen and oxygen atoms in total. The van der Waals surface area contributed by atoms with Crippen molar-refractivity contribution in [1.29, 1.82) is 0 Å². The van der Waals surface area contributed by atoms with Gasteiger partial charge in [-0.1, -0.05) is 6.92 Å². The summed E-state index contributed by atoms with van der Waals surface area (Å²) in [5.74, 6) is 0. The average Bonchev–Trinajstić information content (AvgIpc) is 2.08. The normalized spacial score (nSPS) is 23.8. The quantitative estimate of drug-likeness (QED) is 0.658. The average molecular weight is 184 g/mol. The standard InChI is InChI=1S/C11H24N2/c1-11(5-8-12(2)3)6-9-13(4)10-7-11/h5-10H2,1-4H3. The Bertz CT molecular complexity index is 146. The third kappa shape index (κ3) is 3.65.